The highest BCUT2D eigenvalue weighted by atomic mass is 32.1. The summed E-state index contributed by atoms with van der Waals surface area (Å²) in [6.45, 7) is 9.61. The van der Waals surface area contributed by atoms with Gasteiger partial charge in [0.15, 0.2) is 0 Å². The molecule has 1 aromatic carbocycles. The molecule has 2 amide bonds. The Morgan fingerprint density at radius 1 is 1.19 bits per heavy atom. The van der Waals surface area contributed by atoms with Crippen LogP contribution in [0.1, 0.15) is 80.1 Å². The number of ether oxygens (including phenoxy) is 1. The van der Waals surface area contributed by atoms with Crippen molar-refractivity contribution in [3.63, 3.8) is 0 Å². The van der Waals surface area contributed by atoms with Gasteiger partial charge < -0.3 is 14.6 Å². The lowest BCUT2D eigenvalue weighted by molar-refractivity contribution is -0.00751. The van der Waals surface area contributed by atoms with Crippen molar-refractivity contribution in [1.82, 2.24) is 24.8 Å². The van der Waals surface area contributed by atoms with E-state index in [1.165, 1.54) is 23.5 Å². The number of imidazole rings is 1. The summed E-state index contributed by atoms with van der Waals surface area (Å²) in [5, 5.41) is 5.36. The lowest BCUT2D eigenvalue weighted by Gasteiger charge is -2.44. The maximum absolute atomic E-state index is 13.8. The highest BCUT2D eigenvalue weighted by molar-refractivity contribution is 7.10. The fourth-order valence-electron chi connectivity index (χ4n) is 4.45. The van der Waals surface area contributed by atoms with Crippen LogP contribution in [0.15, 0.2) is 48.4 Å². The van der Waals surface area contributed by atoms with Crippen molar-refractivity contribution in [2.24, 2.45) is 0 Å². The number of thiazole rings is 1. The van der Waals surface area contributed by atoms with Crippen LogP contribution in [0.4, 0.5) is 9.18 Å². The zero-order valence-corrected chi connectivity index (χ0v) is 22.0. The molecule has 1 aliphatic rings. The van der Waals surface area contributed by atoms with Crippen LogP contribution in [0.5, 0.6) is 0 Å². The lowest BCUT2D eigenvalue weighted by Crippen LogP contribution is -2.48. The minimum atomic E-state index is -0.664. The first-order chi connectivity index (χ1) is 17.0. The summed E-state index contributed by atoms with van der Waals surface area (Å²) in [4.78, 5) is 36.5. The molecule has 0 spiro atoms. The molecule has 0 aliphatic carbocycles. The maximum atomic E-state index is 13.8. The third kappa shape index (κ3) is 5.92. The molecule has 192 valence electrons. The summed E-state index contributed by atoms with van der Waals surface area (Å²) in [5.41, 5.74) is 0.629. The zero-order valence-electron chi connectivity index (χ0n) is 21.1. The van der Waals surface area contributed by atoms with Crippen LogP contribution < -0.4 is 5.32 Å². The van der Waals surface area contributed by atoms with Crippen molar-refractivity contribution in [2.45, 2.75) is 70.7 Å². The first kappa shape index (κ1) is 25.8. The second-order valence-corrected chi connectivity index (χ2v) is 11.2. The molecule has 0 saturated carbocycles. The van der Waals surface area contributed by atoms with Crippen molar-refractivity contribution in [3.05, 3.63) is 70.4 Å². The molecule has 1 aliphatic heterocycles. The maximum Gasteiger partial charge on any atom is 0.411 e. The second-order valence-electron chi connectivity index (χ2n) is 10.3. The fourth-order valence-corrected chi connectivity index (χ4v) is 5.41. The molecule has 2 aromatic heterocycles. The number of rotatable bonds is 5. The summed E-state index contributed by atoms with van der Waals surface area (Å²) in [6, 6.07) is 6.44. The average molecular weight is 514 g/mol. The van der Waals surface area contributed by atoms with E-state index >= 15 is 0 Å². The van der Waals surface area contributed by atoms with Crippen LogP contribution >= 0.6 is 11.3 Å². The molecule has 4 rings (SSSR count). The van der Waals surface area contributed by atoms with Gasteiger partial charge in [-0.1, -0.05) is 12.1 Å². The van der Waals surface area contributed by atoms with E-state index in [-0.39, 0.29) is 35.8 Å². The summed E-state index contributed by atoms with van der Waals surface area (Å²) in [6.07, 6.45) is 4.94. The van der Waals surface area contributed by atoms with Crippen LogP contribution in [0.2, 0.25) is 0 Å². The van der Waals surface area contributed by atoms with Crippen LogP contribution in [-0.2, 0) is 4.74 Å². The standard InChI is InChI=1S/C26H32FN5O3S/c1-16(2)29-23(33)21-14-36-24(30-21)20-13-32(25(34)35-26(3,4)5)22(31-11-10-28-15-31)12-19(20)17-6-8-18(27)9-7-17/h6-11,14-16,19-20,22H,12-13H2,1-5H3,(H,29,33). The third-order valence-corrected chi connectivity index (χ3v) is 6.97. The molecule has 8 nitrogen and oxygen atoms in total. The third-order valence-electron chi connectivity index (χ3n) is 5.99. The van der Waals surface area contributed by atoms with Crippen LogP contribution in [0.3, 0.4) is 0 Å². The molecule has 3 aromatic rings. The van der Waals surface area contributed by atoms with Gasteiger partial charge in [0.2, 0.25) is 0 Å². The monoisotopic (exact) mass is 513 g/mol. The summed E-state index contributed by atoms with van der Waals surface area (Å²) >= 11 is 1.39. The lowest BCUT2D eigenvalue weighted by atomic mass is 9.79. The highest BCUT2D eigenvalue weighted by Crippen LogP contribution is 2.46. The van der Waals surface area contributed by atoms with Gasteiger partial charge >= 0.3 is 6.09 Å². The minimum absolute atomic E-state index is 0.0112. The fraction of sp³-hybridized carbons (Fsp3) is 0.462. The Morgan fingerprint density at radius 2 is 1.92 bits per heavy atom. The molecule has 1 saturated heterocycles. The van der Waals surface area contributed by atoms with Gasteiger partial charge in [-0.3, -0.25) is 9.69 Å². The largest absolute Gasteiger partial charge is 0.444 e. The molecule has 36 heavy (non-hydrogen) atoms. The first-order valence-electron chi connectivity index (χ1n) is 12.0. The summed E-state index contributed by atoms with van der Waals surface area (Å²) in [5.74, 6) is -0.839. The highest BCUT2D eigenvalue weighted by Gasteiger charge is 2.43. The van der Waals surface area contributed by atoms with E-state index in [4.69, 9.17) is 4.74 Å². The van der Waals surface area contributed by atoms with Crippen LogP contribution in [0, 0.1) is 5.82 Å². The number of nitrogens with zero attached hydrogens (tertiary/aromatic N) is 4. The number of hydrogen-bond acceptors (Lipinski definition) is 6. The number of benzene rings is 1. The Bertz CT molecular complexity index is 1190. The van der Waals surface area contributed by atoms with E-state index in [1.807, 2.05) is 45.4 Å². The Labute approximate surface area is 214 Å². The van der Waals surface area contributed by atoms with Crippen LogP contribution in [-0.4, -0.2) is 49.6 Å². The van der Waals surface area contributed by atoms with Gasteiger partial charge in [0.1, 0.15) is 23.3 Å². The number of halogens is 1. The topological polar surface area (TPSA) is 89.4 Å². The summed E-state index contributed by atoms with van der Waals surface area (Å²) < 4.78 is 21.4. The van der Waals surface area contributed by atoms with Crippen LogP contribution in [0.25, 0.3) is 0 Å². The van der Waals surface area contributed by atoms with Gasteiger partial charge in [-0.2, -0.15) is 0 Å². The molecule has 3 heterocycles. The van der Waals surface area contributed by atoms with Crippen molar-refractivity contribution in [1.29, 1.82) is 0 Å². The molecule has 1 fully saturated rings. The molecular weight excluding hydrogens is 481 g/mol. The van der Waals surface area contributed by atoms with Crippen molar-refractivity contribution in [3.8, 4) is 0 Å². The second kappa shape index (κ2) is 10.4. The van der Waals surface area contributed by atoms with Crippen molar-refractivity contribution in [2.75, 3.05) is 6.54 Å². The minimum Gasteiger partial charge on any atom is -0.444 e. The Morgan fingerprint density at radius 3 is 2.53 bits per heavy atom. The Kier molecular flexibility index (Phi) is 7.44. The summed E-state index contributed by atoms with van der Waals surface area (Å²) in [7, 11) is 0. The predicted molar refractivity (Wildman–Crippen MR) is 135 cm³/mol. The molecule has 0 radical (unpaired) electrons. The quantitative estimate of drug-likeness (QED) is 0.499. The van der Waals surface area contributed by atoms with E-state index in [2.05, 4.69) is 15.3 Å². The number of carbonyl (C=O) groups excluding carboxylic acids is 2. The van der Waals surface area contributed by atoms with Gasteiger partial charge in [0.05, 0.1) is 11.3 Å². The predicted octanol–water partition coefficient (Wildman–Crippen LogP) is 5.32. The van der Waals surface area contributed by atoms with E-state index in [9.17, 15) is 14.0 Å². The number of hydrogen-bond donors (Lipinski definition) is 1. The molecule has 10 heteroatoms. The number of nitrogens with one attached hydrogen (secondary N) is 1. The van der Waals surface area contributed by atoms with E-state index in [1.54, 1.807) is 34.9 Å². The zero-order chi connectivity index (χ0) is 26.0. The first-order valence-corrected chi connectivity index (χ1v) is 12.9. The molecule has 3 unspecified atom stereocenters. The number of piperidine rings is 1. The van der Waals surface area contributed by atoms with E-state index < -0.39 is 11.7 Å². The molecular formula is C26H32FN5O3S. The average Bonchev–Trinajstić information content (AvgIpc) is 3.50. The van der Waals surface area contributed by atoms with E-state index in [0.29, 0.717) is 18.7 Å². The number of amides is 2. The Hall–Kier alpha value is -3.27. The molecule has 0 bridgehead atoms. The molecule has 1 N–H and O–H groups in total. The normalized spacial score (nSPS) is 20.4. The smallest absolute Gasteiger partial charge is 0.411 e. The van der Waals surface area contributed by atoms with Gasteiger partial charge in [-0.15, -0.1) is 11.3 Å². The number of likely N-dealkylation sites (tertiary alicyclic amines) is 1. The Balaban J connectivity index is 1.73. The number of carbonyl (C=O) groups is 2. The van der Waals surface area contributed by atoms with Crippen molar-refractivity contribution >= 4 is 23.3 Å². The van der Waals surface area contributed by atoms with Gasteiger partial charge in [-0.25, -0.2) is 19.2 Å². The molecule has 3 atom stereocenters. The van der Waals surface area contributed by atoms with Crippen molar-refractivity contribution < 1.29 is 18.7 Å². The number of aromatic nitrogens is 3. The van der Waals surface area contributed by atoms with Gasteiger partial charge in [0.25, 0.3) is 5.91 Å². The van der Waals surface area contributed by atoms with E-state index in [0.717, 1.165) is 10.6 Å². The van der Waals surface area contributed by atoms with Gasteiger partial charge in [0, 0.05) is 36.3 Å². The van der Waals surface area contributed by atoms with Gasteiger partial charge in [-0.05, 0) is 64.7 Å². The SMILES string of the molecule is CC(C)NC(=O)c1csc(C2CN(C(=O)OC(C)(C)C)C(n3ccnc3)CC2c2ccc(F)cc2)n1.